The fourth-order valence-electron chi connectivity index (χ4n) is 3.35. The Hall–Kier alpha value is -0.0100. The Bertz CT molecular complexity index is 225. The molecule has 3 fully saturated rings. The van der Waals surface area contributed by atoms with Gasteiger partial charge in [-0.2, -0.15) is 0 Å². The van der Waals surface area contributed by atoms with Crippen molar-refractivity contribution in [1.29, 1.82) is 0 Å². The molecule has 80 valence electrons. The Morgan fingerprint density at radius 1 is 0.857 bits per heavy atom. The first-order chi connectivity index (χ1) is 6.42. The van der Waals surface area contributed by atoms with Crippen LogP contribution in [-0.4, -0.2) is 12.1 Å². The predicted octanol–water partition coefficient (Wildman–Crippen LogP) is 3.19. The minimum atomic E-state index is 0. The van der Waals surface area contributed by atoms with Crippen molar-refractivity contribution in [2.45, 2.75) is 63.5 Å². The van der Waals surface area contributed by atoms with Gasteiger partial charge in [0.25, 0.3) is 0 Å². The van der Waals surface area contributed by atoms with Crippen LogP contribution in [0.15, 0.2) is 11.1 Å². The van der Waals surface area contributed by atoms with Crippen LogP contribution >= 0.6 is 12.4 Å². The molecule has 2 bridgehead atoms. The Labute approximate surface area is 92.7 Å². The first kappa shape index (κ1) is 10.5. The summed E-state index contributed by atoms with van der Waals surface area (Å²) in [6, 6.07) is 1.70. The Kier molecular flexibility index (Phi) is 3.18. The van der Waals surface area contributed by atoms with E-state index in [1.807, 2.05) is 11.1 Å². The van der Waals surface area contributed by atoms with Gasteiger partial charge in [-0.1, -0.05) is 11.1 Å². The number of rotatable bonds is 0. The van der Waals surface area contributed by atoms with E-state index in [4.69, 9.17) is 0 Å². The fraction of sp³-hybridized carbons (Fsp3) is 0.833. The average molecular weight is 214 g/mol. The maximum Gasteiger partial charge on any atom is 0.0108 e. The number of fused-ring (bicyclic) bond motifs is 2. The highest BCUT2D eigenvalue weighted by Crippen LogP contribution is 2.37. The zero-order chi connectivity index (χ0) is 8.67. The maximum atomic E-state index is 3.71. The van der Waals surface area contributed by atoms with Crippen molar-refractivity contribution >= 4 is 12.4 Å². The van der Waals surface area contributed by atoms with Crippen LogP contribution in [0.2, 0.25) is 0 Å². The quantitative estimate of drug-likeness (QED) is 0.610. The molecular weight excluding hydrogens is 194 g/mol. The minimum absolute atomic E-state index is 0. The smallest absolute Gasteiger partial charge is 0.0108 e. The molecule has 1 saturated carbocycles. The minimum Gasteiger partial charge on any atom is -0.311 e. The number of halogens is 1. The largest absolute Gasteiger partial charge is 0.311 e. The summed E-state index contributed by atoms with van der Waals surface area (Å²) in [7, 11) is 0. The summed E-state index contributed by atoms with van der Waals surface area (Å²) in [5.41, 5.74) is 3.70. The van der Waals surface area contributed by atoms with E-state index in [1.54, 1.807) is 0 Å². The van der Waals surface area contributed by atoms with Crippen molar-refractivity contribution in [3.63, 3.8) is 0 Å². The molecule has 0 aromatic heterocycles. The molecule has 0 spiro atoms. The third-order valence-corrected chi connectivity index (χ3v) is 4.03. The third kappa shape index (κ3) is 1.85. The second kappa shape index (κ2) is 4.24. The molecular formula is C12H20ClN. The van der Waals surface area contributed by atoms with Crippen molar-refractivity contribution in [2.75, 3.05) is 0 Å². The molecule has 2 heterocycles. The van der Waals surface area contributed by atoms with Crippen LogP contribution in [-0.2, 0) is 0 Å². The van der Waals surface area contributed by atoms with Crippen molar-refractivity contribution in [3.05, 3.63) is 11.1 Å². The van der Waals surface area contributed by atoms with Crippen molar-refractivity contribution in [2.24, 2.45) is 0 Å². The summed E-state index contributed by atoms with van der Waals surface area (Å²) in [5, 5.41) is 3.71. The van der Waals surface area contributed by atoms with Gasteiger partial charge in [0.05, 0.1) is 0 Å². The lowest BCUT2D eigenvalue weighted by molar-refractivity contribution is 0.469. The van der Waals surface area contributed by atoms with E-state index in [1.165, 1.54) is 51.4 Å². The Morgan fingerprint density at radius 2 is 1.43 bits per heavy atom. The van der Waals surface area contributed by atoms with Gasteiger partial charge in [0.15, 0.2) is 0 Å². The van der Waals surface area contributed by atoms with Gasteiger partial charge in [-0.25, -0.2) is 0 Å². The average Bonchev–Trinajstić information content (AvgIpc) is 2.75. The monoisotopic (exact) mass is 213 g/mol. The molecule has 2 heteroatoms. The zero-order valence-electron chi connectivity index (χ0n) is 8.72. The summed E-state index contributed by atoms with van der Waals surface area (Å²) < 4.78 is 0. The molecule has 0 aromatic carbocycles. The van der Waals surface area contributed by atoms with Gasteiger partial charge in [0.1, 0.15) is 0 Å². The number of nitrogens with one attached hydrogen (secondary N) is 1. The second-order valence-electron chi connectivity index (χ2n) is 4.96. The highest BCUT2D eigenvalue weighted by atomic mass is 35.5. The Morgan fingerprint density at radius 3 is 2.00 bits per heavy atom. The lowest BCUT2D eigenvalue weighted by atomic mass is 9.93. The fourth-order valence-corrected chi connectivity index (χ4v) is 3.35. The molecule has 2 saturated heterocycles. The molecule has 0 amide bonds. The van der Waals surface area contributed by atoms with Gasteiger partial charge in [-0.05, 0) is 51.4 Å². The molecule has 1 aliphatic carbocycles. The van der Waals surface area contributed by atoms with Gasteiger partial charge < -0.3 is 5.32 Å². The van der Waals surface area contributed by atoms with Gasteiger partial charge in [-0.15, -0.1) is 12.4 Å². The molecule has 0 radical (unpaired) electrons. The molecule has 1 nitrogen and oxygen atoms in total. The lowest BCUT2D eigenvalue weighted by Crippen LogP contribution is -2.35. The summed E-state index contributed by atoms with van der Waals surface area (Å²) in [6.07, 6.45) is 11.4. The normalized spacial score (nSPS) is 36.0. The van der Waals surface area contributed by atoms with E-state index in [9.17, 15) is 0 Å². The van der Waals surface area contributed by atoms with Gasteiger partial charge in [0, 0.05) is 12.1 Å². The Balaban J connectivity index is 0.000000750. The highest BCUT2D eigenvalue weighted by Gasteiger charge is 2.31. The maximum absolute atomic E-state index is 3.71. The van der Waals surface area contributed by atoms with Gasteiger partial charge in [-0.3, -0.25) is 0 Å². The van der Waals surface area contributed by atoms with Crippen LogP contribution in [0.4, 0.5) is 0 Å². The van der Waals surface area contributed by atoms with Gasteiger partial charge >= 0.3 is 0 Å². The summed E-state index contributed by atoms with van der Waals surface area (Å²) >= 11 is 0. The predicted molar refractivity (Wildman–Crippen MR) is 61.9 cm³/mol. The second-order valence-corrected chi connectivity index (χ2v) is 4.96. The first-order valence-electron chi connectivity index (χ1n) is 5.87. The molecule has 2 atom stereocenters. The summed E-state index contributed by atoms with van der Waals surface area (Å²) in [4.78, 5) is 0. The van der Waals surface area contributed by atoms with E-state index in [2.05, 4.69) is 5.32 Å². The van der Waals surface area contributed by atoms with Crippen LogP contribution in [0.25, 0.3) is 0 Å². The van der Waals surface area contributed by atoms with E-state index in [0.717, 1.165) is 12.1 Å². The van der Waals surface area contributed by atoms with Crippen LogP contribution in [0, 0.1) is 0 Å². The SMILES string of the molecule is C1CCC(=C2CC3CCC(C2)N3)C1.Cl. The number of hydrogen-bond acceptors (Lipinski definition) is 1. The van der Waals surface area contributed by atoms with E-state index < -0.39 is 0 Å². The molecule has 14 heavy (non-hydrogen) atoms. The lowest BCUT2D eigenvalue weighted by Gasteiger charge is -2.25. The zero-order valence-corrected chi connectivity index (χ0v) is 9.54. The summed E-state index contributed by atoms with van der Waals surface area (Å²) in [5.74, 6) is 0. The molecule has 2 unspecified atom stereocenters. The third-order valence-electron chi connectivity index (χ3n) is 4.03. The first-order valence-corrected chi connectivity index (χ1v) is 5.87. The summed E-state index contributed by atoms with van der Waals surface area (Å²) in [6.45, 7) is 0. The molecule has 3 aliphatic rings. The highest BCUT2D eigenvalue weighted by molar-refractivity contribution is 5.85. The topological polar surface area (TPSA) is 12.0 Å². The van der Waals surface area contributed by atoms with E-state index in [-0.39, 0.29) is 12.4 Å². The number of hydrogen-bond donors (Lipinski definition) is 1. The molecule has 3 rings (SSSR count). The van der Waals surface area contributed by atoms with Gasteiger partial charge in [0.2, 0.25) is 0 Å². The number of allylic oxidation sites excluding steroid dienone is 1. The van der Waals surface area contributed by atoms with E-state index >= 15 is 0 Å². The van der Waals surface area contributed by atoms with Crippen LogP contribution in [0.3, 0.4) is 0 Å². The van der Waals surface area contributed by atoms with Crippen LogP contribution < -0.4 is 5.32 Å². The molecule has 2 aliphatic heterocycles. The van der Waals surface area contributed by atoms with Crippen molar-refractivity contribution < 1.29 is 0 Å². The molecule has 0 aromatic rings. The standard InChI is InChI=1S/C12H19N.ClH/c1-2-4-9(3-1)10-7-11-5-6-12(8-10)13-11;/h11-13H,1-8H2;1H. The molecule has 1 N–H and O–H groups in total. The van der Waals surface area contributed by atoms with Crippen LogP contribution in [0.5, 0.6) is 0 Å². The van der Waals surface area contributed by atoms with E-state index in [0.29, 0.717) is 0 Å². The van der Waals surface area contributed by atoms with Crippen LogP contribution in [0.1, 0.15) is 51.4 Å². The van der Waals surface area contributed by atoms with Crippen molar-refractivity contribution in [1.82, 2.24) is 5.32 Å². The number of piperidine rings is 1. The van der Waals surface area contributed by atoms with Crippen molar-refractivity contribution in [3.8, 4) is 0 Å².